The average Bonchev–Trinajstić information content (AvgIpc) is 2.30. The maximum Gasteiger partial charge on any atom is 0.243 e. The molecule has 1 saturated heterocycles. The first-order valence-corrected chi connectivity index (χ1v) is 8.56. The van der Waals surface area contributed by atoms with Crippen LogP contribution in [0, 0.1) is 19.8 Å². The molecule has 1 heterocycles. The molecule has 0 spiro atoms. The molecular formula is C15H24N2O2S. The van der Waals surface area contributed by atoms with Crippen LogP contribution >= 0.6 is 0 Å². The van der Waals surface area contributed by atoms with E-state index in [1.54, 1.807) is 16.4 Å². The minimum absolute atomic E-state index is 0.0625. The van der Waals surface area contributed by atoms with Gasteiger partial charge in [-0.05, 0) is 62.8 Å². The van der Waals surface area contributed by atoms with Gasteiger partial charge in [-0.2, -0.15) is 4.31 Å². The van der Waals surface area contributed by atoms with Gasteiger partial charge in [0.05, 0.1) is 4.90 Å². The van der Waals surface area contributed by atoms with Gasteiger partial charge in [0.25, 0.3) is 0 Å². The third-order valence-electron chi connectivity index (χ3n) is 4.11. The lowest BCUT2D eigenvalue weighted by Crippen LogP contribution is -2.45. The standard InChI is InChI=1S/C15H24N2O2S/c1-10-5-6-13(4)17(9-10)20(18,19)15-11(2)7-14(16)8-12(15)3/h7-8,10,13H,5-6,9,16H2,1-4H3. The van der Waals surface area contributed by atoms with Crippen LogP contribution in [0.25, 0.3) is 0 Å². The van der Waals surface area contributed by atoms with Crippen molar-refractivity contribution in [3.8, 4) is 0 Å². The SMILES string of the molecule is Cc1cc(N)cc(C)c1S(=O)(=O)N1CC(C)CCC1C. The van der Waals surface area contributed by atoms with Crippen molar-refractivity contribution >= 4 is 15.7 Å². The monoisotopic (exact) mass is 296 g/mol. The Morgan fingerprint density at radius 3 is 2.25 bits per heavy atom. The number of benzene rings is 1. The van der Waals surface area contributed by atoms with Gasteiger partial charge in [-0.15, -0.1) is 0 Å². The van der Waals surface area contributed by atoms with Gasteiger partial charge in [0.2, 0.25) is 10.0 Å². The fourth-order valence-corrected chi connectivity index (χ4v) is 5.29. The highest BCUT2D eigenvalue weighted by atomic mass is 32.2. The fraction of sp³-hybridized carbons (Fsp3) is 0.600. The smallest absolute Gasteiger partial charge is 0.243 e. The molecule has 1 aliphatic heterocycles. The first kappa shape index (κ1) is 15.3. The maximum absolute atomic E-state index is 13.0. The van der Waals surface area contributed by atoms with E-state index in [9.17, 15) is 8.42 Å². The molecule has 2 N–H and O–H groups in total. The summed E-state index contributed by atoms with van der Waals surface area (Å²) in [6, 6.07) is 3.53. The molecule has 1 aliphatic rings. The molecule has 0 amide bonds. The molecule has 0 aromatic heterocycles. The van der Waals surface area contributed by atoms with Gasteiger partial charge < -0.3 is 5.73 Å². The van der Waals surface area contributed by atoms with Crippen LogP contribution in [-0.4, -0.2) is 25.3 Å². The Labute approximate surface area is 122 Å². The van der Waals surface area contributed by atoms with E-state index < -0.39 is 10.0 Å². The number of hydrogen-bond acceptors (Lipinski definition) is 3. The summed E-state index contributed by atoms with van der Waals surface area (Å²) in [7, 11) is -3.44. The van der Waals surface area contributed by atoms with E-state index in [-0.39, 0.29) is 6.04 Å². The highest BCUT2D eigenvalue weighted by molar-refractivity contribution is 7.89. The fourth-order valence-electron chi connectivity index (χ4n) is 3.09. The minimum atomic E-state index is -3.44. The summed E-state index contributed by atoms with van der Waals surface area (Å²) in [4.78, 5) is 0.424. The van der Waals surface area contributed by atoms with Crippen LogP contribution < -0.4 is 5.73 Å². The molecule has 2 unspecified atom stereocenters. The number of nitrogens with zero attached hydrogens (tertiary/aromatic N) is 1. The van der Waals surface area contributed by atoms with Gasteiger partial charge in [0.1, 0.15) is 0 Å². The molecule has 1 aromatic carbocycles. The highest BCUT2D eigenvalue weighted by Crippen LogP contribution is 2.31. The molecule has 4 nitrogen and oxygen atoms in total. The van der Waals surface area contributed by atoms with Crippen LogP contribution in [0.3, 0.4) is 0 Å². The van der Waals surface area contributed by atoms with Crippen molar-refractivity contribution in [2.45, 2.75) is 51.5 Å². The Morgan fingerprint density at radius 1 is 1.15 bits per heavy atom. The molecule has 1 aromatic rings. The molecular weight excluding hydrogens is 272 g/mol. The Hall–Kier alpha value is -1.07. The Kier molecular flexibility index (Phi) is 4.12. The van der Waals surface area contributed by atoms with Crippen molar-refractivity contribution in [3.63, 3.8) is 0 Å². The number of piperidine rings is 1. The van der Waals surface area contributed by atoms with E-state index >= 15 is 0 Å². The predicted molar refractivity (Wildman–Crippen MR) is 82.1 cm³/mol. The van der Waals surface area contributed by atoms with Gasteiger partial charge in [0, 0.05) is 18.3 Å². The zero-order chi connectivity index (χ0) is 15.1. The Balaban J connectivity index is 2.50. The third kappa shape index (κ3) is 2.69. The number of anilines is 1. The summed E-state index contributed by atoms with van der Waals surface area (Å²) in [5, 5.41) is 0. The summed E-state index contributed by atoms with van der Waals surface area (Å²) in [5.74, 6) is 0.412. The van der Waals surface area contributed by atoms with Crippen LogP contribution in [0.15, 0.2) is 17.0 Å². The second-order valence-corrected chi connectivity index (χ2v) is 7.92. The zero-order valence-electron chi connectivity index (χ0n) is 12.7. The van der Waals surface area contributed by atoms with Crippen molar-refractivity contribution in [1.29, 1.82) is 0 Å². The number of nitrogen functional groups attached to an aromatic ring is 1. The van der Waals surface area contributed by atoms with E-state index in [0.29, 0.717) is 23.0 Å². The maximum atomic E-state index is 13.0. The zero-order valence-corrected chi connectivity index (χ0v) is 13.5. The molecule has 2 rings (SSSR count). The van der Waals surface area contributed by atoms with E-state index in [2.05, 4.69) is 6.92 Å². The van der Waals surface area contributed by atoms with Crippen molar-refractivity contribution in [3.05, 3.63) is 23.3 Å². The van der Waals surface area contributed by atoms with Crippen molar-refractivity contribution in [2.24, 2.45) is 5.92 Å². The van der Waals surface area contributed by atoms with Crippen molar-refractivity contribution in [1.82, 2.24) is 4.31 Å². The minimum Gasteiger partial charge on any atom is -0.399 e. The average molecular weight is 296 g/mol. The Morgan fingerprint density at radius 2 is 1.70 bits per heavy atom. The predicted octanol–water partition coefficient (Wildman–Crippen LogP) is 2.69. The second-order valence-electron chi connectivity index (χ2n) is 6.09. The van der Waals surface area contributed by atoms with Crippen molar-refractivity contribution in [2.75, 3.05) is 12.3 Å². The van der Waals surface area contributed by atoms with Crippen LogP contribution in [0.2, 0.25) is 0 Å². The van der Waals surface area contributed by atoms with E-state index in [4.69, 9.17) is 5.73 Å². The van der Waals surface area contributed by atoms with E-state index in [1.165, 1.54) is 0 Å². The molecule has 0 bridgehead atoms. The summed E-state index contributed by atoms with van der Waals surface area (Å²) in [6.07, 6.45) is 2.01. The largest absolute Gasteiger partial charge is 0.399 e. The highest BCUT2D eigenvalue weighted by Gasteiger charge is 2.35. The number of nitrogens with two attached hydrogens (primary N) is 1. The third-order valence-corrected chi connectivity index (χ3v) is 6.40. The molecule has 2 atom stereocenters. The quantitative estimate of drug-likeness (QED) is 0.853. The molecule has 20 heavy (non-hydrogen) atoms. The van der Waals surface area contributed by atoms with Gasteiger partial charge >= 0.3 is 0 Å². The first-order chi connectivity index (χ1) is 9.23. The van der Waals surface area contributed by atoms with Crippen molar-refractivity contribution < 1.29 is 8.42 Å². The summed E-state index contributed by atoms with van der Waals surface area (Å²) in [6.45, 7) is 8.33. The molecule has 5 heteroatoms. The summed E-state index contributed by atoms with van der Waals surface area (Å²) < 4.78 is 27.6. The molecule has 0 radical (unpaired) electrons. The normalized spacial score (nSPS) is 24.8. The van der Waals surface area contributed by atoms with E-state index in [0.717, 1.165) is 24.0 Å². The molecule has 1 fully saturated rings. The number of hydrogen-bond donors (Lipinski definition) is 1. The van der Waals surface area contributed by atoms with Gasteiger partial charge in [-0.25, -0.2) is 8.42 Å². The van der Waals surface area contributed by atoms with Crippen LogP contribution in [0.4, 0.5) is 5.69 Å². The lowest BCUT2D eigenvalue weighted by atomic mass is 9.97. The van der Waals surface area contributed by atoms with Crippen LogP contribution in [-0.2, 0) is 10.0 Å². The number of aryl methyl sites for hydroxylation is 2. The van der Waals surface area contributed by atoms with Crippen LogP contribution in [0.5, 0.6) is 0 Å². The van der Waals surface area contributed by atoms with E-state index in [1.807, 2.05) is 20.8 Å². The second kappa shape index (κ2) is 5.37. The number of sulfonamides is 1. The molecule has 0 saturated carbocycles. The Bertz CT molecular complexity index is 587. The lowest BCUT2D eigenvalue weighted by Gasteiger charge is -2.36. The number of rotatable bonds is 2. The molecule has 112 valence electrons. The summed E-state index contributed by atoms with van der Waals surface area (Å²) >= 11 is 0. The van der Waals surface area contributed by atoms with Gasteiger partial charge in [0.15, 0.2) is 0 Å². The topological polar surface area (TPSA) is 63.4 Å². The molecule has 0 aliphatic carbocycles. The van der Waals surface area contributed by atoms with Gasteiger partial charge in [-0.1, -0.05) is 6.92 Å². The first-order valence-electron chi connectivity index (χ1n) is 7.12. The summed E-state index contributed by atoms with van der Waals surface area (Å²) in [5.41, 5.74) is 7.86. The van der Waals surface area contributed by atoms with Gasteiger partial charge in [-0.3, -0.25) is 0 Å². The lowest BCUT2D eigenvalue weighted by molar-refractivity contribution is 0.218. The van der Waals surface area contributed by atoms with Crippen LogP contribution in [0.1, 0.15) is 37.8 Å².